The predicted octanol–water partition coefficient (Wildman–Crippen LogP) is 3.48. The first-order chi connectivity index (χ1) is 13.7. The molecule has 6 heteroatoms. The Kier molecular flexibility index (Phi) is 5.12. The summed E-state index contributed by atoms with van der Waals surface area (Å²) in [5.41, 5.74) is 1.97. The van der Waals surface area contributed by atoms with Crippen LogP contribution < -0.4 is 10.9 Å². The number of fused-ring (bicyclic) bond motifs is 4. The smallest absolute Gasteiger partial charge is 0.265 e. The van der Waals surface area contributed by atoms with E-state index in [1.807, 2.05) is 24.3 Å². The highest BCUT2D eigenvalue weighted by Crippen LogP contribution is 2.23. The number of oxazole rings is 1. The second kappa shape index (κ2) is 7.86. The normalized spacial score (nSPS) is 11.5. The quantitative estimate of drug-likeness (QED) is 0.482. The van der Waals surface area contributed by atoms with Crippen molar-refractivity contribution in [2.24, 2.45) is 0 Å². The fourth-order valence-electron chi connectivity index (χ4n) is 3.47. The number of unbranched alkanes of at least 4 members (excludes halogenated alkanes) is 3. The number of carbonyl (C=O) groups is 1. The van der Waals surface area contributed by atoms with Crippen molar-refractivity contribution in [1.29, 1.82) is 0 Å². The van der Waals surface area contributed by atoms with Crippen molar-refractivity contribution in [1.82, 2.24) is 9.72 Å². The molecule has 0 radical (unpaired) electrons. The van der Waals surface area contributed by atoms with Crippen molar-refractivity contribution >= 4 is 33.5 Å². The van der Waals surface area contributed by atoms with Gasteiger partial charge in [0.25, 0.3) is 11.5 Å². The van der Waals surface area contributed by atoms with Crippen molar-refractivity contribution in [3.63, 3.8) is 0 Å². The average molecular weight is 378 g/mol. The van der Waals surface area contributed by atoms with Gasteiger partial charge in [-0.05, 0) is 42.5 Å². The second-order valence-electron chi connectivity index (χ2n) is 6.89. The number of aliphatic hydroxyl groups is 1. The Labute approximate surface area is 161 Å². The molecule has 1 amide bonds. The molecule has 4 rings (SSSR count). The maximum Gasteiger partial charge on any atom is 0.265 e. The van der Waals surface area contributed by atoms with Gasteiger partial charge in [0.05, 0.1) is 5.52 Å². The highest BCUT2D eigenvalue weighted by Gasteiger charge is 2.14. The summed E-state index contributed by atoms with van der Waals surface area (Å²) in [6.45, 7) is 0.801. The number of amides is 1. The van der Waals surface area contributed by atoms with Crippen LogP contribution in [-0.4, -0.2) is 28.6 Å². The third-order valence-corrected chi connectivity index (χ3v) is 4.94. The summed E-state index contributed by atoms with van der Waals surface area (Å²) in [6.07, 6.45) is 3.60. The van der Waals surface area contributed by atoms with Crippen molar-refractivity contribution in [3.05, 3.63) is 64.4 Å². The molecule has 6 nitrogen and oxygen atoms in total. The van der Waals surface area contributed by atoms with E-state index in [-0.39, 0.29) is 18.1 Å². The largest absolute Gasteiger partial charge is 0.438 e. The van der Waals surface area contributed by atoms with Gasteiger partial charge in [0.2, 0.25) is 5.71 Å². The molecule has 28 heavy (non-hydrogen) atoms. The number of aliphatic hydroxyl groups excluding tert-OH is 1. The van der Waals surface area contributed by atoms with E-state index in [0.717, 1.165) is 31.1 Å². The molecule has 0 bridgehead atoms. The van der Waals surface area contributed by atoms with Crippen molar-refractivity contribution < 1.29 is 14.3 Å². The van der Waals surface area contributed by atoms with E-state index >= 15 is 0 Å². The summed E-state index contributed by atoms with van der Waals surface area (Å²) >= 11 is 0. The Morgan fingerprint density at radius 2 is 1.86 bits per heavy atom. The lowest BCUT2D eigenvalue weighted by Gasteiger charge is -2.05. The minimum atomic E-state index is -0.165. The van der Waals surface area contributed by atoms with Gasteiger partial charge in [0.1, 0.15) is 0 Å². The molecule has 0 spiro atoms. The lowest BCUT2D eigenvalue weighted by atomic mass is 10.1. The maximum atomic E-state index is 12.8. The van der Waals surface area contributed by atoms with E-state index in [1.54, 1.807) is 28.7 Å². The molecule has 0 fully saturated rings. The van der Waals surface area contributed by atoms with Crippen molar-refractivity contribution in [2.75, 3.05) is 13.2 Å². The Hall–Kier alpha value is -3.12. The Balaban J connectivity index is 1.60. The molecule has 0 aliphatic rings. The van der Waals surface area contributed by atoms with E-state index in [9.17, 15) is 9.59 Å². The number of benzene rings is 2. The fourth-order valence-corrected chi connectivity index (χ4v) is 3.47. The summed E-state index contributed by atoms with van der Waals surface area (Å²) in [5.74, 6) is -0.165. The number of aromatic nitrogens is 1. The summed E-state index contributed by atoms with van der Waals surface area (Å²) in [6, 6.07) is 14.4. The van der Waals surface area contributed by atoms with E-state index in [2.05, 4.69) is 5.32 Å². The van der Waals surface area contributed by atoms with Gasteiger partial charge in [-0.2, -0.15) is 0 Å². The first-order valence-corrected chi connectivity index (χ1v) is 9.55. The molecule has 144 valence electrons. The molecule has 4 aromatic rings. The van der Waals surface area contributed by atoms with Gasteiger partial charge in [0.15, 0.2) is 5.58 Å². The zero-order valence-electron chi connectivity index (χ0n) is 15.5. The summed E-state index contributed by atoms with van der Waals surface area (Å²) in [7, 11) is 0. The van der Waals surface area contributed by atoms with Crippen LogP contribution in [0.4, 0.5) is 0 Å². The molecule has 2 N–H and O–H groups in total. The number of pyridine rings is 1. The Bertz CT molecular complexity index is 1210. The Morgan fingerprint density at radius 3 is 2.71 bits per heavy atom. The van der Waals surface area contributed by atoms with Crippen LogP contribution in [0.2, 0.25) is 0 Å². The van der Waals surface area contributed by atoms with E-state index in [0.29, 0.717) is 34.3 Å². The van der Waals surface area contributed by atoms with E-state index in [4.69, 9.17) is 9.52 Å². The number of rotatable bonds is 7. The van der Waals surface area contributed by atoms with Crippen LogP contribution in [0.25, 0.3) is 27.6 Å². The molecule has 2 aromatic heterocycles. The van der Waals surface area contributed by atoms with Gasteiger partial charge in [-0.1, -0.05) is 31.0 Å². The topological polar surface area (TPSA) is 83.9 Å². The molecule has 0 saturated heterocycles. The molecule has 2 aromatic carbocycles. The van der Waals surface area contributed by atoms with Gasteiger partial charge < -0.3 is 14.8 Å². The van der Waals surface area contributed by atoms with Crippen LogP contribution in [-0.2, 0) is 0 Å². The Morgan fingerprint density at radius 1 is 1.04 bits per heavy atom. The van der Waals surface area contributed by atoms with Crippen LogP contribution >= 0.6 is 0 Å². The minimum absolute atomic E-state index is 0.132. The number of nitrogens with one attached hydrogen (secondary N) is 1. The second-order valence-corrected chi connectivity index (χ2v) is 6.89. The average Bonchev–Trinajstić information content (AvgIpc) is 3.08. The lowest BCUT2D eigenvalue weighted by Crippen LogP contribution is -2.24. The molecule has 0 atom stereocenters. The molecule has 0 unspecified atom stereocenters. The summed E-state index contributed by atoms with van der Waals surface area (Å²) in [5, 5.41) is 13.1. The van der Waals surface area contributed by atoms with Gasteiger partial charge in [0, 0.05) is 30.2 Å². The number of hydrogen-bond donors (Lipinski definition) is 2. The fraction of sp³-hybridized carbons (Fsp3) is 0.273. The zero-order chi connectivity index (χ0) is 19.5. The van der Waals surface area contributed by atoms with Crippen LogP contribution in [0.15, 0.2) is 57.7 Å². The molecular formula is C22H22N2O4. The number of carbonyl (C=O) groups excluding carboxylic acids is 1. The molecular weight excluding hydrogens is 356 g/mol. The van der Waals surface area contributed by atoms with E-state index in [1.165, 1.54) is 0 Å². The standard InChI is InChI=1S/C22H22N2O4/c25-12-6-2-1-5-11-23-21(26)16-9-10-18-19(13-16)28-20-14-15-7-3-4-8-17(15)22(27)24(18)20/h3-4,7-10,13-14,25H,1-2,5-6,11-12H2,(H,23,26). The number of nitrogens with zero attached hydrogens (tertiary/aromatic N) is 1. The molecule has 0 saturated carbocycles. The highest BCUT2D eigenvalue weighted by atomic mass is 16.3. The third-order valence-electron chi connectivity index (χ3n) is 4.94. The monoisotopic (exact) mass is 378 g/mol. The number of hydrogen-bond acceptors (Lipinski definition) is 4. The van der Waals surface area contributed by atoms with Gasteiger partial charge in [-0.15, -0.1) is 0 Å². The maximum absolute atomic E-state index is 12.8. The summed E-state index contributed by atoms with van der Waals surface area (Å²) in [4.78, 5) is 25.2. The molecule has 0 aliphatic carbocycles. The molecule has 0 aliphatic heterocycles. The highest BCUT2D eigenvalue weighted by molar-refractivity contribution is 5.97. The third kappa shape index (κ3) is 3.39. The predicted molar refractivity (Wildman–Crippen MR) is 109 cm³/mol. The molecule has 2 heterocycles. The first-order valence-electron chi connectivity index (χ1n) is 9.55. The van der Waals surface area contributed by atoms with Gasteiger partial charge in [-0.25, -0.2) is 4.40 Å². The van der Waals surface area contributed by atoms with Gasteiger partial charge >= 0.3 is 0 Å². The van der Waals surface area contributed by atoms with Crippen LogP contribution in [0.5, 0.6) is 0 Å². The van der Waals surface area contributed by atoms with Gasteiger partial charge in [-0.3, -0.25) is 9.59 Å². The SMILES string of the molecule is O=C(NCCCCCCO)c1ccc2c(c1)oc1cc3ccccc3c(=O)n12. The van der Waals surface area contributed by atoms with Crippen molar-refractivity contribution in [3.8, 4) is 0 Å². The van der Waals surface area contributed by atoms with Crippen molar-refractivity contribution in [2.45, 2.75) is 25.7 Å². The van der Waals surface area contributed by atoms with Crippen LogP contribution in [0.1, 0.15) is 36.0 Å². The van der Waals surface area contributed by atoms with Crippen LogP contribution in [0, 0.1) is 0 Å². The summed E-state index contributed by atoms with van der Waals surface area (Å²) < 4.78 is 7.40. The zero-order valence-corrected chi connectivity index (χ0v) is 15.5. The first kappa shape index (κ1) is 18.3. The van der Waals surface area contributed by atoms with Crippen LogP contribution in [0.3, 0.4) is 0 Å². The lowest BCUT2D eigenvalue weighted by molar-refractivity contribution is 0.0953. The van der Waals surface area contributed by atoms with E-state index < -0.39 is 0 Å². The minimum Gasteiger partial charge on any atom is -0.438 e.